The van der Waals surface area contributed by atoms with Gasteiger partial charge in [-0.3, -0.25) is 9.69 Å². The van der Waals surface area contributed by atoms with Crippen molar-refractivity contribution in [1.82, 2.24) is 9.80 Å². The molecule has 0 bridgehead atoms. The number of piperazine rings is 1. The summed E-state index contributed by atoms with van der Waals surface area (Å²) in [5.41, 5.74) is -0.118. The van der Waals surface area contributed by atoms with Crippen LogP contribution in [0.3, 0.4) is 0 Å². The van der Waals surface area contributed by atoms with Crippen LogP contribution in [0.1, 0.15) is 26.2 Å². The Morgan fingerprint density at radius 2 is 2.15 bits per heavy atom. The molecule has 1 atom stereocenters. The van der Waals surface area contributed by atoms with Crippen molar-refractivity contribution in [2.24, 2.45) is 0 Å². The molecule has 0 aromatic heterocycles. The Kier molecular flexibility index (Phi) is 2.06. The molecule has 0 radical (unpaired) electrons. The van der Waals surface area contributed by atoms with Gasteiger partial charge in [0.15, 0.2) is 0 Å². The van der Waals surface area contributed by atoms with Gasteiger partial charge >= 0.3 is 0 Å². The molecule has 0 N–H and O–H groups in total. The number of hydrogen-bond donors (Lipinski definition) is 0. The quantitative estimate of drug-likeness (QED) is 0.596. The lowest BCUT2D eigenvalue weighted by molar-refractivity contribution is -0.147. The predicted molar refractivity (Wildman–Crippen MR) is 51.5 cm³/mol. The lowest BCUT2D eigenvalue weighted by atomic mass is 9.89. The number of hydrogen-bond acceptors (Lipinski definition) is 2. The molecule has 2 rings (SSSR count). The Labute approximate surface area is 79.7 Å². The first-order valence-corrected chi connectivity index (χ1v) is 5.21. The second-order valence-electron chi connectivity index (χ2n) is 4.20. The van der Waals surface area contributed by atoms with Crippen LogP contribution in [-0.4, -0.2) is 47.9 Å². The van der Waals surface area contributed by atoms with Crippen molar-refractivity contribution in [2.75, 3.05) is 26.7 Å². The monoisotopic (exact) mass is 182 g/mol. The first-order chi connectivity index (χ1) is 6.20. The SMILES string of the molecule is CCC12CCCN1CCN(C)C2=O. The van der Waals surface area contributed by atoms with E-state index in [0.29, 0.717) is 5.91 Å². The minimum absolute atomic E-state index is 0.118. The summed E-state index contributed by atoms with van der Waals surface area (Å²) in [4.78, 5) is 16.3. The highest BCUT2D eigenvalue weighted by atomic mass is 16.2. The molecular weight excluding hydrogens is 164 g/mol. The highest BCUT2D eigenvalue weighted by molar-refractivity contribution is 5.87. The molecule has 0 aromatic rings. The average Bonchev–Trinajstić information content (AvgIpc) is 2.56. The third kappa shape index (κ3) is 1.10. The van der Waals surface area contributed by atoms with Crippen LogP contribution in [0, 0.1) is 0 Å². The molecule has 0 saturated carbocycles. The minimum atomic E-state index is -0.118. The minimum Gasteiger partial charge on any atom is -0.343 e. The fraction of sp³-hybridized carbons (Fsp3) is 0.900. The van der Waals surface area contributed by atoms with E-state index in [9.17, 15) is 4.79 Å². The highest BCUT2D eigenvalue weighted by Crippen LogP contribution is 2.35. The van der Waals surface area contributed by atoms with Crippen molar-refractivity contribution >= 4 is 5.91 Å². The number of amides is 1. The van der Waals surface area contributed by atoms with Gasteiger partial charge in [0.05, 0.1) is 0 Å². The summed E-state index contributed by atoms with van der Waals surface area (Å²) < 4.78 is 0. The Balaban J connectivity index is 2.28. The van der Waals surface area contributed by atoms with Gasteiger partial charge in [0.25, 0.3) is 0 Å². The van der Waals surface area contributed by atoms with Crippen molar-refractivity contribution in [3.63, 3.8) is 0 Å². The maximum absolute atomic E-state index is 12.0. The van der Waals surface area contributed by atoms with E-state index in [1.165, 1.54) is 6.42 Å². The molecule has 2 heterocycles. The molecule has 3 heteroatoms. The van der Waals surface area contributed by atoms with E-state index in [2.05, 4.69) is 11.8 Å². The van der Waals surface area contributed by atoms with Gasteiger partial charge < -0.3 is 4.90 Å². The number of rotatable bonds is 1. The van der Waals surface area contributed by atoms with Crippen LogP contribution in [0.15, 0.2) is 0 Å². The summed E-state index contributed by atoms with van der Waals surface area (Å²) in [7, 11) is 1.93. The Morgan fingerprint density at radius 3 is 2.85 bits per heavy atom. The van der Waals surface area contributed by atoms with Crippen molar-refractivity contribution in [1.29, 1.82) is 0 Å². The third-order valence-electron chi connectivity index (χ3n) is 3.66. The topological polar surface area (TPSA) is 23.6 Å². The maximum atomic E-state index is 12.0. The zero-order chi connectivity index (χ0) is 9.47. The number of nitrogens with zero attached hydrogens (tertiary/aromatic N) is 2. The van der Waals surface area contributed by atoms with E-state index in [-0.39, 0.29) is 5.54 Å². The fourth-order valence-corrected chi connectivity index (χ4v) is 2.78. The molecule has 0 spiro atoms. The Bertz CT molecular complexity index is 229. The molecule has 13 heavy (non-hydrogen) atoms. The standard InChI is InChI=1S/C10H18N2O/c1-3-10-5-4-6-12(10)8-7-11(2)9(10)13/h3-8H2,1-2H3. The molecule has 2 aliphatic heterocycles. The number of carbonyl (C=O) groups excluding carboxylic acids is 1. The van der Waals surface area contributed by atoms with Crippen LogP contribution in [0.2, 0.25) is 0 Å². The molecule has 2 aliphatic rings. The molecule has 1 amide bonds. The summed E-state index contributed by atoms with van der Waals surface area (Å²) in [6.07, 6.45) is 3.22. The van der Waals surface area contributed by atoms with E-state index in [0.717, 1.165) is 32.5 Å². The summed E-state index contributed by atoms with van der Waals surface area (Å²) in [5.74, 6) is 0.346. The van der Waals surface area contributed by atoms with E-state index < -0.39 is 0 Å². The van der Waals surface area contributed by atoms with Crippen molar-refractivity contribution < 1.29 is 4.79 Å². The number of carbonyl (C=O) groups is 1. The van der Waals surface area contributed by atoms with Gasteiger partial charge in [-0.15, -0.1) is 0 Å². The summed E-state index contributed by atoms with van der Waals surface area (Å²) in [5, 5.41) is 0. The van der Waals surface area contributed by atoms with Gasteiger partial charge in [0.2, 0.25) is 5.91 Å². The van der Waals surface area contributed by atoms with Crippen molar-refractivity contribution in [3.05, 3.63) is 0 Å². The van der Waals surface area contributed by atoms with Crippen LogP contribution in [0.5, 0.6) is 0 Å². The normalized spacial score (nSPS) is 35.2. The summed E-state index contributed by atoms with van der Waals surface area (Å²) in [6.45, 7) is 5.22. The first kappa shape index (κ1) is 9.00. The largest absolute Gasteiger partial charge is 0.343 e. The lowest BCUT2D eigenvalue weighted by Gasteiger charge is -2.44. The zero-order valence-electron chi connectivity index (χ0n) is 8.55. The van der Waals surface area contributed by atoms with Crippen LogP contribution in [0.25, 0.3) is 0 Å². The van der Waals surface area contributed by atoms with Gasteiger partial charge in [-0.1, -0.05) is 6.92 Å². The third-order valence-corrected chi connectivity index (χ3v) is 3.66. The highest BCUT2D eigenvalue weighted by Gasteiger charge is 2.49. The lowest BCUT2D eigenvalue weighted by Crippen LogP contribution is -2.61. The van der Waals surface area contributed by atoms with Gasteiger partial charge in [-0.2, -0.15) is 0 Å². The molecule has 1 unspecified atom stereocenters. The fourth-order valence-electron chi connectivity index (χ4n) is 2.78. The van der Waals surface area contributed by atoms with E-state index >= 15 is 0 Å². The smallest absolute Gasteiger partial charge is 0.242 e. The second kappa shape index (κ2) is 2.98. The molecule has 74 valence electrons. The van der Waals surface area contributed by atoms with Crippen LogP contribution in [0.4, 0.5) is 0 Å². The van der Waals surface area contributed by atoms with Crippen molar-refractivity contribution in [2.45, 2.75) is 31.7 Å². The predicted octanol–water partition coefficient (Wildman–Crippen LogP) is 0.703. The Hall–Kier alpha value is -0.570. The molecule has 2 saturated heterocycles. The van der Waals surface area contributed by atoms with Gasteiger partial charge in [-0.25, -0.2) is 0 Å². The van der Waals surface area contributed by atoms with Crippen LogP contribution in [-0.2, 0) is 4.79 Å². The van der Waals surface area contributed by atoms with E-state index in [1.54, 1.807) is 0 Å². The molecule has 2 fully saturated rings. The zero-order valence-corrected chi connectivity index (χ0v) is 8.55. The molecular formula is C10H18N2O. The van der Waals surface area contributed by atoms with Gasteiger partial charge in [0.1, 0.15) is 5.54 Å². The second-order valence-corrected chi connectivity index (χ2v) is 4.20. The summed E-state index contributed by atoms with van der Waals surface area (Å²) in [6, 6.07) is 0. The first-order valence-electron chi connectivity index (χ1n) is 5.21. The average molecular weight is 182 g/mol. The molecule has 3 nitrogen and oxygen atoms in total. The molecule has 0 aliphatic carbocycles. The van der Waals surface area contributed by atoms with Gasteiger partial charge in [-0.05, 0) is 25.8 Å². The number of fused-ring (bicyclic) bond motifs is 1. The summed E-state index contributed by atoms with van der Waals surface area (Å²) >= 11 is 0. The molecule has 0 aromatic carbocycles. The van der Waals surface area contributed by atoms with Crippen LogP contribution >= 0.6 is 0 Å². The van der Waals surface area contributed by atoms with E-state index in [4.69, 9.17) is 0 Å². The van der Waals surface area contributed by atoms with Gasteiger partial charge in [0, 0.05) is 20.1 Å². The number of likely N-dealkylation sites (N-methyl/N-ethyl adjacent to an activating group) is 1. The maximum Gasteiger partial charge on any atom is 0.242 e. The van der Waals surface area contributed by atoms with E-state index in [1.807, 2.05) is 11.9 Å². The van der Waals surface area contributed by atoms with Crippen LogP contribution < -0.4 is 0 Å². The van der Waals surface area contributed by atoms with Crippen molar-refractivity contribution in [3.8, 4) is 0 Å². The Morgan fingerprint density at radius 1 is 1.38 bits per heavy atom.